The van der Waals surface area contributed by atoms with Crippen LogP contribution in [0.25, 0.3) is 0 Å². The Morgan fingerprint density at radius 3 is 2.38 bits per heavy atom. The molecule has 4 heteroatoms. The summed E-state index contributed by atoms with van der Waals surface area (Å²) >= 11 is 3.62. The minimum Gasteiger partial charge on any atom is -0.444 e. The number of nitrogens with one attached hydrogen (secondary N) is 1. The number of ether oxygens (including phenoxy) is 1. The van der Waals surface area contributed by atoms with Crippen LogP contribution in [0.15, 0.2) is 0 Å². The summed E-state index contributed by atoms with van der Waals surface area (Å²) in [5.74, 6) is 0.612. The Hall–Kier alpha value is -0.250. The summed E-state index contributed by atoms with van der Waals surface area (Å²) in [4.78, 5) is 12.1. The number of carbonyl (C=O) groups is 1. The van der Waals surface area contributed by atoms with Crippen LogP contribution >= 0.6 is 15.9 Å². The van der Waals surface area contributed by atoms with Crippen molar-refractivity contribution in [3.05, 3.63) is 0 Å². The molecular weight excluding hydrogens is 270 g/mol. The van der Waals surface area contributed by atoms with Gasteiger partial charge in [0.1, 0.15) is 5.60 Å². The lowest BCUT2D eigenvalue weighted by Crippen LogP contribution is -2.36. The van der Waals surface area contributed by atoms with Gasteiger partial charge < -0.3 is 10.1 Å². The maximum Gasteiger partial charge on any atom is 0.407 e. The van der Waals surface area contributed by atoms with Gasteiger partial charge in [-0.3, -0.25) is 0 Å². The van der Waals surface area contributed by atoms with Crippen LogP contribution in [0, 0.1) is 5.92 Å². The summed E-state index contributed by atoms with van der Waals surface area (Å²) in [5.41, 5.74) is -0.405. The van der Waals surface area contributed by atoms with Crippen molar-refractivity contribution in [2.24, 2.45) is 5.92 Å². The molecule has 0 radical (unpaired) electrons. The second-order valence-corrected chi connectivity index (χ2v) is 6.80. The molecule has 1 aliphatic rings. The maximum absolute atomic E-state index is 11.4. The zero-order valence-corrected chi connectivity index (χ0v) is 12.0. The third-order valence-electron chi connectivity index (χ3n) is 2.71. The lowest BCUT2D eigenvalue weighted by molar-refractivity contribution is 0.0515. The van der Waals surface area contributed by atoms with Crippen molar-refractivity contribution < 1.29 is 9.53 Å². The Bertz CT molecular complexity index is 230. The lowest BCUT2D eigenvalue weighted by Gasteiger charge is -2.26. The molecule has 1 amide bonds. The first-order chi connectivity index (χ1) is 7.37. The molecule has 0 unspecified atom stereocenters. The fourth-order valence-electron chi connectivity index (χ4n) is 1.87. The van der Waals surface area contributed by atoms with Crippen LogP contribution in [0.5, 0.6) is 0 Å². The number of hydrogen-bond donors (Lipinski definition) is 1. The molecule has 1 aliphatic carbocycles. The van der Waals surface area contributed by atoms with Crippen molar-refractivity contribution in [2.75, 3.05) is 6.54 Å². The highest BCUT2D eigenvalue weighted by molar-refractivity contribution is 9.09. The van der Waals surface area contributed by atoms with Gasteiger partial charge in [0.25, 0.3) is 0 Å². The standard InChI is InChI=1S/C12H22BrNO2/c1-12(2,3)16-11(15)14-8-9-4-6-10(13)7-5-9/h9-10H,4-8H2,1-3H3,(H,14,15)/t9-,10+. The van der Waals surface area contributed by atoms with Gasteiger partial charge in [0.15, 0.2) is 0 Å². The van der Waals surface area contributed by atoms with Crippen molar-refractivity contribution in [1.29, 1.82) is 0 Å². The molecular formula is C12H22BrNO2. The minimum absolute atomic E-state index is 0.298. The van der Waals surface area contributed by atoms with Crippen LogP contribution < -0.4 is 5.32 Å². The van der Waals surface area contributed by atoms with Crippen molar-refractivity contribution in [2.45, 2.75) is 56.9 Å². The number of carbonyl (C=O) groups excluding carboxylic acids is 1. The van der Waals surface area contributed by atoms with E-state index >= 15 is 0 Å². The fourth-order valence-corrected chi connectivity index (χ4v) is 2.40. The largest absolute Gasteiger partial charge is 0.444 e. The third-order valence-corrected chi connectivity index (χ3v) is 3.63. The second-order valence-electron chi connectivity index (χ2n) is 5.50. The van der Waals surface area contributed by atoms with Crippen molar-refractivity contribution in [3.63, 3.8) is 0 Å². The highest BCUT2D eigenvalue weighted by Gasteiger charge is 2.21. The molecule has 0 heterocycles. The molecule has 1 rings (SSSR count). The van der Waals surface area contributed by atoms with E-state index in [1.807, 2.05) is 20.8 Å². The zero-order valence-electron chi connectivity index (χ0n) is 10.4. The molecule has 0 aromatic heterocycles. The molecule has 1 fully saturated rings. The molecule has 0 aliphatic heterocycles. The average molecular weight is 292 g/mol. The average Bonchev–Trinajstić information content (AvgIpc) is 2.14. The van der Waals surface area contributed by atoms with Gasteiger partial charge in [-0.25, -0.2) is 4.79 Å². The van der Waals surface area contributed by atoms with E-state index in [2.05, 4.69) is 21.2 Å². The fraction of sp³-hybridized carbons (Fsp3) is 0.917. The van der Waals surface area contributed by atoms with Crippen LogP contribution in [0.1, 0.15) is 46.5 Å². The summed E-state index contributed by atoms with van der Waals surface area (Å²) in [6.07, 6.45) is 4.49. The van der Waals surface area contributed by atoms with E-state index in [0.29, 0.717) is 10.7 Å². The number of halogens is 1. The highest BCUT2D eigenvalue weighted by Crippen LogP contribution is 2.28. The zero-order chi connectivity index (χ0) is 12.2. The van der Waals surface area contributed by atoms with E-state index in [1.165, 1.54) is 25.7 Å². The van der Waals surface area contributed by atoms with Gasteiger partial charge >= 0.3 is 6.09 Å². The summed E-state index contributed by atoms with van der Waals surface area (Å²) in [6, 6.07) is 0. The number of hydrogen-bond acceptors (Lipinski definition) is 2. The van der Waals surface area contributed by atoms with E-state index in [-0.39, 0.29) is 6.09 Å². The van der Waals surface area contributed by atoms with E-state index in [0.717, 1.165) is 6.54 Å². The van der Waals surface area contributed by atoms with E-state index < -0.39 is 5.60 Å². The smallest absolute Gasteiger partial charge is 0.407 e. The van der Waals surface area contributed by atoms with Crippen LogP contribution in [0.4, 0.5) is 4.79 Å². The number of alkyl carbamates (subject to hydrolysis) is 1. The first-order valence-electron chi connectivity index (χ1n) is 5.98. The van der Waals surface area contributed by atoms with E-state index in [4.69, 9.17) is 4.74 Å². The highest BCUT2D eigenvalue weighted by atomic mass is 79.9. The Kier molecular flexibility index (Phi) is 5.09. The normalized spacial score (nSPS) is 26.2. The summed E-state index contributed by atoms with van der Waals surface area (Å²) in [7, 11) is 0. The van der Waals surface area contributed by atoms with Crippen molar-refractivity contribution in [3.8, 4) is 0 Å². The van der Waals surface area contributed by atoms with Crippen LogP contribution in [0.2, 0.25) is 0 Å². The van der Waals surface area contributed by atoms with E-state index in [1.54, 1.807) is 0 Å². The summed E-state index contributed by atoms with van der Waals surface area (Å²) in [6.45, 7) is 6.38. The lowest BCUT2D eigenvalue weighted by atomic mass is 9.89. The van der Waals surface area contributed by atoms with E-state index in [9.17, 15) is 4.79 Å². The number of alkyl halides is 1. The Labute approximate surface area is 106 Å². The van der Waals surface area contributed by atoms with Gasteiger partial charge in [-0.2, -0.15) is 0 Å². The van der Waals surface area contributed by atoms with Gasteiger partial charge in [-0.05, 0) is 52.4 Å². The van der Waals surface area contributed by atoms with Gasteiger partial charge in [0.2, 0.25) is 0 Å². The molecule has 94 valence electrons. The number of rotatable bonds is 2. The second kappa shape index (κ2) is 5.89. The Morgan fingerprint density at radius 1 is 1.31 bits per heavy atom. The molecule has 0 saturated heterocycles. The first-order valence-corrected chi connectivity index (χ1v) is 6.89. The van der Waals surface area contributed by atoms with Crippen LogP contribution in [-0.4, -0.2) is 23.1 Å². The molecule has 1 saturated carbocycles. The molecule has 0 bridgehead atoms. The van der Waals surface area contributed by atoms with Crippen LogP contribution in [0.3, 0.4) is 0 Å². The molecule has 1 N–H and O–H groups in total. The topological polar surface area (TPSA) is 38.3 Å². The van der Waals surface area contributed by atoms with Crippen LogP contribution in [-0.2, 0) is 4.74 Å². The SMILES string of the molecule is CC(C)(C)OC(=O)NC[C@H]1CC[C@@H](Br)CC1. The number of amides is 1. The molecule has 0 atom stereocenters. The van der Waals surface area contributed by atoms with Gasteiger partial charge in [0, 0.05) is 11.4 Å². The predicted octanol–water partition coefficient (Wildman–Crippen LogP) is 3.46. The van der Waals surface area contributed by atoms with Gasteiger partial charge in [-0.15, -0.1) is 0 Å². The maximum atomic E-state index is 11.4. The monoisotopic (exact) mass is 291 g/mol. The molecule has 0 spiro atoms. The first kappa shape index (κ1) is 13.8. The minimum atomic E-state index is -0.405. The quantitative estimate of drug-likeness (QED) is 0.791. The third kappa shape index (κ3) is 5.73. The van der Waals surface area contributed by atoms with Crippen molar-refractivity contribution >= 4 is 22.0 Å². The molecule has 0 aromatic rings. The molecule has 0 aromatic carbocycles. The van der Waals surface area contributed by atoms with Gasteiger partial charge in [-0.1, -0.05) is 15.9 Å². The summed E-state index contributed by atoms with van der Waals surface area (Å²) < 4.78 is 5.19. The molecule has 16 heavy (non-hydrogen) atoms. The summed E-state index contributed by atoms with van der Waals surface area (Å²) in [5, 5.41) is 2.85. The Balaban J connectivity index is 2.17. The van der Waals surface area contributed by atoms with Gasteiger partial charge in [0.05, 0.1) is 0 Å². The van der Waals surface area contributed by atoms with Crippen molar-refractivity contribution in [1.82, 2.24) is 5.32 Å². The molecule has 3 nitrogen and oxygen atoms in total. The Morgan fingerprint density at radius 2 is 1.88 bits per heavy atom. The predicted molar refractivity (Wildman–Crippen MR) is 68.9 cm³/mol.